The van der Waals surface area contributed by atoms with Gasteiger partial charge in [0.2, 0.25) is 0 Å². The van der Waals surface area contributed by atoms with Crippen molar-refractivity contribution in [3.05, 3.63) is 0 Å². The predicted octanol–water partition coefficient (Wildman–Crippen LogP) is 1.16. The number of rotatable bonds is 4. The molecule has 1 aliphatic rings. The lowest BCUT2D eigenvalue weighted by molar-refractivity contribution is 0.00809. The van der Waals surface area contributed by atoms with Crippen LogP contribution < -0.4 is 5.32 Å². The summed E-state index contributed by atoms with van der Waals surface area (Å²) in [5, 5.41) is 12.7. The van der Waals surface area contributed by atoms with E-state index >= 15 is 0 Å². The summed E-state index contributed by atoms with van der Waals surface area (Å²) in [7, 11) is 0. The lowest BCUT2D eigenvalue weighted by atomic mass is 9.99. The Balaban J connectivity index is 2.33. The van der Waals surface area contributed by atoms with Crippen LogP contribution in [0.15, 0.2) is 0 Å². The van der Waals surface area contributed by atoms with Gasteiger partial charge in [0.15, 0.2) is 0 Å². The summed E-state index contributed by atoms with van der Waals surface area (Å²) in [6, 6.07) is 0.739. The first-order chi connectivity index (χ1) is 6.63. The van der Waals surface area contributed by atoms with Crippen molar-refractivity contribution in [3.63, 3.8) is 0 Å². The van der Waals surface area contributed by atoms with Crippen LogP contribution in [0.5, 0.6) is 0 Å². The first-order valence-electron chi connectivity index (χ1n) is 5.62. The molecule has 0 aliphatic carbocycles. The largest absolute Gasteiger partial charge is 0.395 e. The van der Waals surface area contributed by atoms with Crippen molar-refractivity contribution in [1.82, 2.24) is 5.32 Å². The number of aliphatic hydroxyl groups is 1. The molecule has 3 nitrogen and oxygen atoms in total. The molecule has 0 saturated carbocycles. The van der Waals surface area contributed by atoms with Crippen molar-refractivity contribution in [2.45, 2.75) is 51.8 Å². The van der Waals surface area contributed by atoms with Gasteiger partial charge < -0.3 is 15.2 Å². The quantitative estimate of drug-likeness (QED) is 0.717. The predicted molar refractivity (Wildman–Crippen MR) is 57.3 cm³/mol. The molecule has 1 rings (SSSR count). The number of hydrogen-bond donors (Lipinski definition) is 2. The molecule has 3 unspecified atom stereocenters. The van der Waals surface area contributed by atoms with Gasteiger partial charge in [-0.05, 0) is 25.7 Å². The van der Waals surface area contributed by atoms with Crippen LogP contribution in [-0.2, 0) is 4.74 Å². The maximum absolute atomic E-state index is 9.20. The molecule has 0 radical (unpaired) electrons. The van der Waals surface area contributed by atoms with Gasteiger partial charge in [-0.15, -0.1) is 0 Å². The minimum absolute atomic E-state index is 0.226. The smallest absolute Gasteiger partial charge is 0.0587 e. The molecule has 3 atom stereocenters. The van der Waals surface area contributed by atoms with E-state index in [-0.39, 0.29) is 12.6 Å². The maximum Gasteiger partial charge on any atom is 0.0587 e. The number of ether oxygens (including phenoxy) is 1. The van der Waals surface area contributed by atoms with Crippen molar-refractivity contribution in [1.29, 1.82) is 0 Å². The van der Waals surface area contributed by atoms with Gasteiger partial charge in [0.1, 0.15) is 0 Å². The minimum atomic E-state index is 0.226. The maximum atomic E-state index is 9.20. The van der Waals surface area contributed by atoms with Gasteiger partial charge in [-0.1, -0.05) is 13.8 Å². The Hall–Kier alpha value is -0.120. The molecule has 0 spiro atoms. The number of hydrogen-bond acceptors (Lipinski definition) is 3. The summed E-state index contributed by atoms with van der Waals surface area (Å²) in [4.78, 5) is 0. The molecule has 0 aromatic rings. The van der Waals surface area contributed by atoms with Crippen LogP contribution in [0.1, 0.15) is 33.6 Å². The van der Waals surface area contributed by atoms with Gasteiger partial charge >= 0.3 is 0 Å². The summed E-state index contributed by atoms with van der Waals surface area (Å²) in [6.45, 7) is 7.45. The van der Waals surface area contributed by atoms with Gasteiger partial charge in [0.05, 0.1) is 12.7 Å². The Morgan fingerprint density at radius 3 is 2.71 bits per heavy atom. The first-order valence-corrected chi connectivity index (χ1v) is 5.62. The van der Waals surface area contributed by atoms with E-state index in [0.717, 1.165) is 19.4 Å². The van der Waals surface area contributed by atoms with E-state index in [0.29, 0.717) is 18.1 Å². The van der Waals surface area contributed by atoms with E-state index in [1.165, 1.54) is 0 Å². The highest BCUT2D eigenvalue weighted by Gasteiger charge is 2.22. The first kappa shape index (κ1) is 12.0. The highest BCUT2D eigenvalue weighted by atomic mass is 16.5. The highest BCUT2D eigenvalue weighted by Crippen LogP contribution is 2.15. The molecule has 1 saturated heterocycles. The number of aliphatic hydroxyl groups excluding tert-OH is 1. The summed E-state index contributed by atoms with van der Waals surface area (Å²) in [5.41, 5.74) is 0. The van der Waals surface area contributed by atoms with Crippen LogP contribution in [0.2, 0.25) is 0 Å². The van der Waals surface area contributed by atoms with E-state index in [1.54, 1.807) is 0 Å². The zero-order chi connectivity index (χ0) is 10.6. The van der Waals surface area contributed by atoms with Gasteiger partial charge in [-0.3, -0.25) is 0 Å². The molecule has 3 heteroatoms. The minimum Gasteiger partial charge on any atom is -0.395 e. The third kappa shape index (κ3) is 3.56. The van der Waals surface area contributed by atoms with Crippen molar-refractivity contribution >= 4 is 0 Å². The lowest BCUT2D eigenvalue weighted by Gasteiger charge is -2.32. The van der Waals surface area contributed by atoms with Crippen LogP contribution >= 0.6 is 0 Å². The average Bonchev–Trinajstić information content (AvgIpc) is 2.14. The normalized spacial score (nSPS) is 30.6. The molecule has 2 N–H and O–H groups in total. The van der Waals surface area contributed by atoms with E-state index in [1.807, 2.05) is 0 Å². The molecular weight excluding hydrogens is 178 g/mol. The fourth-order valence-corrected chi connectivity index (χ4v) is 1.91. The molecule has 84 valence electrons. The summed E-state index contributed by atoms with van der Waals surface area (Å²) in [6.07, 6.45) is 2.48. The Morgan fingerprint density at radius 1 is 1.50 bits per heavy atom. The Labute approximate surface area is 86.8 Å². The van der Waals surface area contributed by atoms with Crippen LogP contribution in [0.3, 0.4) is 0 Å². The zero-order valence-corrected chi connectivity index (χ0v) is 9.49. The van der Waals surface area contributed by atoms with Crippen molar-refractivity contribution in [2.75, 3.05) is 13.2 Å². The zero-order valence-electron chi connectivity index (χ0n) is 9.49. The fraction of sp³-hybridized carbons (Fsp3) is 1.00. The van der Waals surface area contributed by atoms with Crippen molar-refractivity contribution < 1.29 is 9.84 Å². The third-order valence-corrected chi connectivity index (χ3v) is 2.94. The SMILES string of the molecule is CC1CC(NC(CO)C(C)C)CCO1. The van der Waals surface area contributed by atoms with Crippen LogP contribution in [0.25, 0.3) is 0 Å². The molecule has 1 fully saturated rings. The van der Waals surface area contributed by atoms with E-state index in [4.69, 9.17) is 4.74 Å². The molecule has 0 bridgehead atoms. The second-order valence-electron chi connectivity index (χ2n) is 4.60. The fourth-order valence-electron chi connectivity index (χ4n) is 1.91. The van der Waals surface area contributed by atoms with Crippen molar-refractivity contribution in [2.24, 2.45) is 5.92 Å². The molecule has 1 aliphatic heterocycles. The van der Waals surface area contributed by atoms with Crippen LogP contribution in [0.4, 0.5) is 0 Å². The Bertz CT molecular complexity index is 161. The topological polar surface area (TPSA) is 41.5 Å². The number of nitrogens with one attached hydrogen (secondary N) is 1. The van der Waals surface area contributed by atoms with E-state index in [9.17, 15) is 5.11 Å². The second kappa shape index (κ2) is 5.69. The van der Waals surface area contributed by atoms with E-state index < -0.39 is 0 Å². The van der Waals surface area contributed by atoms with Gasteiger partial charge in [-0.2, -0.15) is 0 Å². The molecule has 14 heavy (non-hydrogen) atoms. The highest BCUT2D eigenvalue weighted by molar-refractivity contribution is 4.80. The summed E-state index contributed by atoms with van der Waals surface area (Å²) < 4.78 is 5.48. The van der Waals surface area contributed by atoms with Gasteiger partial charge in [0.25, 0.3) is 0 Å². The molecule has 0 aromatic carbocycles. The monoisotopic (exact) mass is 201 g/mol. The molecular formula is C11H23NO2. The standard InChI is InChI=1S/C11H23NO2/c1-8(2)11(7-13)12-10-4-5-14-9(3)6-10/h8-13H,4-7H2,1-3H3. The lowest BCUT2D eigenvalue weighted by Crippen LogP contribution is -2.47. The summed E-state index contributed by atoms with van der Waals surface area (Å²) in [5.74, 6) is 0.484. The van der Waals surface area contributed by atoms with Crippen molar-refractivity contribution in [3.8, 4) is 0 Å². The second-order valence-corrected chi connectivity index (χ2v) is 4.60. The third-order valence-electron chi connectivity index (χ3n) is 2.94. The van der Waals surface area contributed by atoms with Crippen LogP contribution in [-0.4, -0.2) is 36.5 Å². The molecule has 1 heterocycles. The Morgan fingerprint density at radius 2 is 2.21 bits per heavy atom. The van der Waals surface area contributed by atoms with Gasteiger partial charge in [-0.25, -0.2) is 0 Å². The summed E-state index contributed by atoms with van der Waals surface area (Å²) >= 11 is 0. The van der Waals surface area contributed by atoms with Gasteiger partial charge in [0, 0.05) is 18.7 Å². The van der Waals surface area contributed by atoms with E-state index in [2.05, 4.69) is 26.1 Å². The molecule has 0 aromatic heterocycles. The molecule has 0 amide bonds. The average molecular weight is 201 g/mol. The Kier molecular flexibility index (Phi) is 4.85. The van der Waals surface area contributed by atoms with Crippen LogP contribution in [0, 0.1) is 5.92 Å².